The molecule has 0 N–H and O–H groups in total. The second-order valence-corrected chi connectivity index (χ2v) is 4.53. The molecule has 0 saturated heterocycles. The maximum Gasteiger partial charge on any atom is 0.416 e. The maximum absolute atomic E-state index is 12.6. The fourth-order valence-electron chi connectivity index (χ4n) is 1.94. The lowest BCUT2D eigenvalue weighted by Gasteiger charge is -2.08. The van der Waals surface area contributed by atoms with Crippen LogP contribution in [0.3, 0.4) is 0 Å². The minimum Gasteiger partial charge on any atom is -0.497 e. The van der Waals surface area contributed by atoms with Crippen molar-refractivity contribution >= 4 is 5.78 Å². The molecule has 0 fully saturated rings. The molecule has 2 aromatic carbocycles. The van der Waals surface area contributed by atoms with Crippen LogP contribution in [0.2, 0.25) is 0 Å². The molecule has 0 atom stereocenters. The number of halogens is 3. The lowest BCUT2D eigenvalue weighted by Crippen LogP contribution is -2.09. The van der Waals surface area contributed by atoms with Crippen LogP contribution in [0.5, 0.6) is 5.75 Å². The van der Waals surface area contributed by atoms with Gasteiger partial charge in [0.2, 0.25) is 0 Å². The van der Waals surface area contributed by atoms with Gasteiger partial charge in [0.1, 0.15) is 5.75 Å². The molecule has 21 heavy (non-hydrogen) atoms. The van der Waals surface area contributed by atoms with Gasteiger partial charge >= 0.3 is 6.18 Å². The van der Waals surface area contributed by atoms with Crippen LogP contribution in [-0.4, -0.2) is 12.9 Å². The molecule has 110 valence electrons. The number of carbonyl (C=O) groups is 1. The number of Topliss-reactive ketones (excluding diaryl/α,β-unsaturated/α-hetero) is 1. The summed E-state index contributed by atoms with van der Waals surface area (Å²) in [6.45, 7) is 0. The van der Waals surface area contributed by atoms with Gasteiger partial charge in [0.15, 0.2) is 5.78 Å². The topological polar surface area (TPSA) is 26.3 Å². The van der Waals surface area contributed by atoms with Crippen molar-refractivity contribution in [1.29, 1.82) is 0 Å². The second-order valence-electron chi connectivity index (χ2n) is 4.53. The van der Waals surface area contributed by atoms with E-state index in [1.807, 2.05) is 0 Å². The average molecular weight is 294 g/mol. The van der Waals surface area contributed by atoms with Crippen molar-refractivity contribution in [2.75, 3.05) is 7.11 Å². The maximum atomic E-state index is 12.6. The number of hydrogen-bond donors (Lipinski definition) is 0. The Morgan fingerprint density at radius 1 is 1.10 bits per heavy atom. The van der Waals surface area contributed by atoms with Crippen LogP contribution in [0.1, 0.15) is 21.5 Å². The largest absolute Gasteiger partial charge is 0.497 e. The molecule has 0 spiro atoms. The number of hydrogen-bond acceptors (Lipinski definition) is 2. The molecular formula is C16H13F3O2. The summed E-state index contributed by atoms with van der Waals surface area (Å²) in [5.74, 6) is 0.235. The molecular weight excluding hydrogens is 281 g/mol. The van der Waals surface area contributed by atoms with Gasteiger partial charge in [-0.05, 0) is 29.8 Å². The van der Waals surface area contributed by atoms with Crippen molar-refractivity contribution in [1.82, 2.24) is 0 Å². The highest BCUT2D eigenvalue weighted by Gasteiger charge is 2.30. The number of ether oxygens (including phenoxy) is 1. The minimum atomic E-state index is -4.45. The van der Waals surface area contributed by atoms with Gasteiger partial charge in [-0.2, -0.15) is 13.2 Å². The molecule has 0 bridgehead atoms. The first-order chi connectivity index (χ1) is 9.90. The van der Waals surface area contributed by atoms with Gasteiger partial charge in [-0.3, -0.25) is 4.79 Å². The number of ketones is 1. The first kappa shape index (κ1) is 15.1. The first-order valence-corrected chi connectivity index (χ1v) is 6.23. The average Bonchev–Trinajstić information content (AvgIpc) is 2.46. The van der Waals surface area contributed by atoms with Crippen molar-refractivity contribution in [2.24, 2.45) is 0 Å². The Bertz CT molecular complexity index is 648. The van der Waals surface area contributed by atoms with Gasteiger partial charge < -0.3 is 4.74 Å². The highest BCUT2D eigenvalue weighted by Crippen LogP contribution is 2.29. The van der Waals surface area contributed by atoms with E-state index < -0.39 is 11.7 Å². The van der Waals surface area contributed by atoms with E-state index in [0.717, 1.165) is 12.1 Å². The number of methoxy groups -OCH3 is 1. The molecule has 0 aliphatic rings. The summed E-state index contributed by atoms with van der Waals surface area (Å²) in [6, 6.07) is 11.3. The highest BCUT2D eigenvalue weighted by atomic mass is 19.4. The standard InChI is InChI=1S/C16H13F3O2/c1-21-14-7-2-4-11(8-14)9-15(20)12-5-3-6-13(10-12)16(17,18)19/h2-8,10H,9H2,1H3. The zero-order valence-electron chi connectivity index (χ0n) is 11.3. The lowest BCUT2D eigenvalue weighted by molar-refractivity contribution is -0.137. The third-order valence-corrected chi connectivity index (χ3v) is 3.01. The van der Waals surface area contributed by atoms with Crippen molar-refractivity contribution < 1.29 is 22.7 Å². The lowest BCUT2D eigenvalue weighted by atomic mass is 10.0. The Kier molecular flexibility index (Phi) is 4.31. The van der Waals surface area contributed by atoms with Crippen LogP contribution < -0.4 is 4.74 Å². The van der Waals surface area contributed by atoms with Crippen molar-refractivity contribution in [3.63, 3.8) is 0 Å². The molecule has 0 amide bonds. The van der Waals surface area contributed by atoms with E-state index in [9.17, 15) is 18.0 Å². The molecule has 0 radical (unpaired) electrons. The summed E-state index contributed by atoms with van der Waals surface area (Å²) in [4.78, 5) is 12.1. The number of alkyl halides is 3. The van der Waals surface area contributed by atoms with Gasteiger partial charge in [-0.1, -0.05) is 24.3 Å². The molecule has 0 aliphatic heterocycles. The Hall–Kier alpha value is -2.30. The van der Waals surface area contributed by atoms with Gasteiger partial charge in [0.25, 0.3) is 0 Å². The van der Waals surface area contributed by atoms with Gasteiger partial charge in [-0.25, -0.2) is 0 Å². The summed E-state index contributed by atoms with van der Waals surface area (Å²) in [5, 5.41) is 0. The molecule has 5 heteroatoms. The Balaban J connectivity index is 2.20. The van der Waals surface area contributed by atoms with E-state index in [1.165, 1.54) is 19.2 Å². The summed E-state index contributed by atoms with van der Waals surface area (Å²) in [6.07, 6.45) is -4.43. The van der Waals surface area contributed by atoms with Crippen LogP contribution in [0.15, 0.2) is 48.5 Å². The summed E-state index contributed by atoms with van der Waals surface area (Å²) < 4.78 is 42.9. The summed E-state index contributed by atoms with van der Waals surface area (Å²) in [5.41, 5.74) is -0.0802. The molecule has 2 nitrogen and oxygen atoms in total. The zero-order valence-corrected chi connectivity index (χ0v) is 11.3. The molecule has 0 saturated carbocycles. The van der Waals surface area contributed by atoms with Crippen LogP contribution in [-0.2, 0) is 12.6 Å². The zero-order chi connectivity index (χ0) is 15.5. The normalized spacial score (nSPS) is 11.2. The number of carbonyl (C=O) groups excluding carboxylic acids is 1. The van der Waals surface area contributed by atoms with Crippen LogP contribution in [0.4, 0.5) is 13.2 Å². The first-order valence-electron chi connectivity index (χ1n) is 6.23. The third-order valence-electron chi connectivity index (χ3n) is 3.01. The van der Waals surface area contributed by atoms with E-state index in [4.69, 9.17) is 4.74 Å². The Morgan fingerprint density at radius 2 is 1.81 bits per heavy atom. The van der Waals surface area contributed by atoms with E-state index in [-0.39, 0.29) is 17.8 Å². The Labute approximate surface area is 120 Å². The highest BCUT2D eigenvalue weighted by molar-refractivity contribution is 5.97. The number of benzene rings is 2. The van der Waals surface area contributed by atoms with Crippen LogP contribution in [0.25, 0.3) is 0 Å². The smallest absolute Gasteiger partial charge is 0.416 e. The predicted molar refractivity (Wildman–Crippen MR) is 72.5 cm³/mol. The van der Waals surface area contributed by atoms with Gasteiger partial charge in [0, 0.05) is 12.0 Å². The second kappa shape index (κ2) is 5.99. The number of rotatable bonds is 4. The van der Waals surface area contributed by atoms with E-state index in [0.29, 0.717) is 11.3 Å². The third kappa shape index (κ3) is 3.84. The Morgan fingerprint density at radius 3 is 2.48 bits per heavy atom. The monoisotopic (exact) mass is 294 g/mol. The van der Waals surface area contributed by atoms with E-state index >= 15 is 0 Å². The van der Waals surface area contributed by atoms with Gasteiger partial charge in [-0.15, -0.1) is 0 Å². The molecule has 0 heterocycles. The molecule has 2 rings (SSSR count). The fourth-order valence-corrected chi connectivity index (χ4v) is 1.94. The predicted octanol–water partition coefficient (Wildman–Crippen LogP) is 4.14. The van der Waals surface area contributed by atoms with Crippen molar-refractivity contribution in [3.05, 3.63) is 65.2 Å². The van der Waals surface area contributed by atoms with Crippen molar-refractivity contribution in [3.8, 4) is 5.75 Å². The quantitative estimate of drug-likeness (QED) is 0.792. The van der Waals surface area contributed by atoms with Crippen molar-refractivity contribution in [2.45, 2.75) is 12.6 Å². The van der Waals surface area contributed by atoms with Crippen LogP contribution in [0, 0.1) is 0 Å². The van der Waals surface area contributed by atoms with Crippen LogP contribution >= 0.6 is 0 Å². The van der Waals surface area contributed by atoms with E-state index in [2.05, 4.69) is 0 Å². The SMILES string of the molecule is COc1cccc(CC(=O)c2cccc(C(F)(F)F)c2)c1. The fraction of sp³-hybridized carbons (Fsp3) is 0.188. The molecule has 0 aromatic heterocycles. The molecule has 2 aromatic rings. The molecule has 0 unspecified atom stereocenters. The van der Waals surface area contributed by atoms with Gasteiger partial charge in [0.05, 0.1) is 12.7 Å². The van der Waals surface area contributed by atoms with E-state index in [1.54, 1.807) is 24.3 Å². The minimum absolute atomic E-state index is 0.0263. The summed E-state index contributed by atoms with van der Waals surface area (Å²) >= 11 is 0. The molecule has 0 aliphatic carbocycles. The summed E-state index contributed by atoms with van der Waals surface area (Å²) in [7, 11) is 1.51.